The monoisotopic (exact) mass is 551 g/mol. The van der Waals surface area contributed by atoms with Gasteiger partial charge in [-0.15, -0.1) is 0 Å². The van der Waals surface area contributed by atoms with E-state index in [1.165, 1.54) is 16.5 Å². The Morgan fingerprint density at radius 3 is 1.74 bits per heavy atom. The van der Waals surface area contributed by atoms with Crippen molar-refractivity contribution in [3.8, 4) is 11.1 Å². The van der Waals surface area contributed by atoms with Gasteiger partial charge in [0, 0.05) is 27.5 Å². The van der Waals surface area contributed by atoms with E-state index in [4.69, 9.17) is 8.83 Å². The van der Waals surface area contributed by atoms with Gasteiger partial charge in [0.1, 0.15) is 22.3 Å². The SMILES string of the molecule is c1ccc(-c2ccc(N(c3ccc4c(ccc5oc6ccccc6c54)c3)c3cccc4oc5ccccc5c34)cc2)cc1. The van der Waals surface area contributed by atoms with Crippen molar-refractivity contribution in [2.45, 2.75) is 0 Å². The zero-order chi connectivity index (χ0) is 28.3. The molecule has 202 valence electrons. The summed E-state index contributed by atoms with van der Waals surface area (Å²) in [4.78, 5) is 2.34. The van der Waals surface area contributed by atoms with Crippen LogP contribution < -0.4 is 4.90 Å². The number of furan rings is 2. The van der Waals surface area contributed by atoms with Crippen LogP contribution in [0.15, 0.2) is 160 Å². The Bertz CT molecular complexity index is 2450. The number of fused-ring (bicyclic) bond motifs is 8. The molecule has 2 heterocycles. The van der Waals surface area contributed by atoms with Gasteiger partial charge in [0.05, 0.1) is 11.1 Å². The maximum Gasteiger partial charge on any atom is 0.137 e. The molecule has 0 atom stereocenters. The molecule has 0 aliphatic rings. The third-order valence-corrected chi connectivity index (χ3v) is 8.45. The molecule has 9 rings (SSSR count). The lowest BCUT2D eigenvalue weighted by Crippen LogP contribution is -2.10. The predicted octanol–water partition coefficient (Wildman–Crippen LogP) is 11.8. The van der Waals surface area contributed by atoms with Crippen molar-refractivity contribution in [1.82, 2.24) is 0 Å². The lowest BCUT2D eigenvalue weighted by Gasteiger charge is -2.27. The first-order valence-corrected chi connectivity index (χ1v) is 14.5. The van der Waals surface area contributed by atoms with Crippen LogP contribution >= 0.6 is 0 Å². The van der Waals surface area contributed by atoms with E-state index < -0.39 is 0 Å². The van der Waals surface area contributed by atoms with E-state index in [1.54, 1.807) is 0 Å². The molecule has 2 aromatic heterocycles. The van der Waals surface area contributed by atoms with Crippen LogP contribution in [0, 0.1) is 0 Å². The molecule has 0 amide bonds. The van der Waals surface area contributed by atoms with Crippen molar-refractivity contribution in [3.63, 3.8) is 0 Å². The van der Waals surface area contributed by atoms with Crippen LogP contribution in [0.3, 0.4) is 0 Å². The molecule has 0 bridgehead atoms. The summed E-state index contributed by atoms with van der Waals surface area (Å²) in [5, 5.41) is 6.83. The number of rotatable bonds is 4. The molecule has 0 N–H and O–H groups in total. The van der Waals surface area contributed by atoms with E-state index in [1.807, 2.05) is 24.3 Å². The lowest BCUT2D eigenvalue weighted by atomic mass is 10.0. The van der Waals surface area contributed by atoms with Crippen molar-refractivity contribution < 1.29 is 8.83 Å². The molecule has 7 aromatic carbocycles. The van der Waals surface area contributed by atoms with Crippen LogP contribution in [-0.4, -0.2) is 0 Å². The molecule has 3 nitrogen and oxygen atoms in total. The Hall–Kier alpha value is -5.80. The Morgan fingerprint density at radius 1 is 0.372 bits per heavy atom. The highest BCUT2D eigenvalue weighted by atomic mass is 16.3. The van der Waals surface area contributed by atoms with Crippen molar-refractivity contribution >= 4 is 71.7 Å². The van der Waals surface area contributed by atoms with Crippen molar-refractivity contribution in [2.24, 2.45) is 0 Å². The number of hydrogen-bond donors (Lipinski definition) is 0. The third-order valence-electron chi connectivity index (χ3n) is 8.45. The average molecular weight is 552 g/mol. The van der Waals surface area contributed by atoms with E-state index in [9.17, 15) is 0 Å². The van der Waals surface area contributed by atoms with E-state index in [-0.39, 0.29) is 0 Å². The van der Waals surface area contributed by atoms with Crippen molar-refractivity contribution in [2.75, 3.05) is 4.90 Å². The average Bonchev–Trinajstić information content (AvgIpc) is 3.65. The fourth-order valence-corrected chi connectivity index (χ4v) is 6.48. The second-order valence-electron chi connectivity index (χ2n) is 10.9. The maximum atomic E-state index is 6.31. The Labute approximate surface area is 247 Å². The van der Waals surface area contributed by atoms with Gasteiger partial charge in [0.25, 0.3) is 0 Å². The smallest absolute Gasteiger partial charge is 0.137 e. The molecule has 0 spiro atoms. The van der Waals surface area contributed by atoms with Gasteiger partial charge in [-0.3, -0.25) is 0 Å². The predicted molar refractivity (Wildman–Crippen MR) is 179 cm³/mol. The highest BCUT2D eigenvalue weighted by Crippen LogP contribution is 2.44. The summed E-state index contributed by atoms with van der Waals surface area (Å²) in [6, 6.07) is 53.2. The van der Waals surface area contributed by atoms with Gasteiger partial charge in [-0.25, -0.2) is 0 Å². The molecule has 0 fully saturated rings. The number of nitrogens with zero attached hydrogens (tertiary/aromatic N) is 1. The molecular weight excluding hydrogens is 526 g/mol. The number of anilines is 3. The first-order chi connectivity index (χ1) is 21.3. The van der Waals surface area contributed by atoms with E-state index in [0.29, 0.717) is 0 Å². The summed E-state index contributed by atoms with van der Waals surface area (Å²) in [5.41, 5.74) is 9.18. The number of benzene rings is 7. The second-order valence-corrected chi connectivity index (χ2v) is 10.9. The molecule has 0 aliphatic carbocycles. The summed E-state index contributed by atoms with van der Waals surface area (Å²) in [6.07, 6.45) is 0. The fourth-order valence-electron chi connectivity index (χ4n) is 6.48. The fraction of sp³-hybridized carbons (Fsp3) is 0. The molecule has 9 aromatic rings. The van der Waals surface area contributed by atoms with E-state index in [2.05, 4.69) is 132 Å². The van der Waals surface area contributed by atoms with Crippen LogP contribution in [0.25, 0.3) is 65.8 Å². The molecule has 43 heavy (non-hydrogen) atoms. The zero-order valence-corrected chi connectivity index (χ0v) is 23.2. The van der Waals surface area contributed by atoms with Gasteiger partial charge in [0.2, 0.25) is 0 Å². The largest absolute Gasteiger partial charge is 0.456 e. The van der Waals surface area contributed by atoms with Crippen molar-refractivity contribution in [3.05, 3.63) is 152 Å². The van der Waals surface area contributed by atoms with Crippen LogP contribution in [0.5, 0.6) is 0 Å². The summed E-state index contributed by atoms with van der Waals surface area (Å²) in [6.45, 7) is 0. The van der Waals surface area contributed by atoms with E-state index >= 15 is 0 Å². The first kappa shape index (κ1) is 23.9. The molecule has 0 saturated heterocycles. The van der Waals surface area contributed by atoms with Gasteiger partial charge in [-0.05, 0) is 76.5 Å². The third kappa shape index (κ3) is 3.75. The summed E-state index contributed by atoms with van der Waals surface area (Å²) in [7, 11) is 0. The Kier molecular flexibility index (Phi) is 5.20. The minimum Gasteiger partial charge on any atom is -0.456 e. The zero-order valence-electron chi connectivity index (χ0n) is 23.2. The quantitative estimate of drug-likeness (QED) is 0.218. The van der Waals surface area contributed by atoms with Crippen LogP contribution in [-0.2, 0) is 0 Å². The topological polar surface area (TPSA) is 29.5 Å². The standard InChI is InChI=1S/C40H25NO2/c1-2-9-26(10-3-1)27-17-20-29(21-18-27)41(34-13-8-16-37-40(34)33-12-5-7-15-36(33)42-37)30-22-23-31-28(25-30)19-24-38-39(31)32-11-4-6-14-35(32)43-38/h1-25H. The van der Waals surface area contributed by atoms with E-state index in [0.717, 1.165) is 66.3 Å². The van der Waals surface area contributed by atoms with Crippen LogP contribution in [0.2, 0.25) is 0 Å². The summed E-state index contributed by atoms with van der Waals surface area (Å²) in [5.74, 6) is 0. The number of para-hydroxylation sites is 2. The normalized spacial score (nSPS) is 11.7. The Balaban J connectivity index is 1.28. The van der Waals surface area contributed by atoms with Gasteiger partial charge >= 0.3 is 0 Å². The number of hydrogen-bond acceptors (Lipinski definition) is 3. The first-order valence-electron chi connectivity index (χ1n) is 14.5. The van der Waals surface area contributed by atoms with Crippen LogP contribution in [0.1, 0.15) is 0 Å². The highest BCUT2D eigenvalue weighted by molar-refractivity contribution is 6.19. The lowest BCUT2D eigenvalue weighted by molar-refractivity contribution is 0.668. The summed E-state index contributed by atoms with van der Waals surface area (Å²) < 4.78 is 12.5. The molecule has 0 saturated carbocycles. The molecule has 0 radical (unpaired) electrons. The summed E-state index contributed by atoms with van der Waals surface area (Å²) >= 11 is 0. The Morgan fingerprint density at radius 2 is 0.977 bits per heavy atom. The minimum absolute atomic E-state index is 0.872. The molecular formula is C40H25NO2. The van der Waals surface area contributed by atoms with Crippen molar-refractivity contribution in [1.29, 1.82) is 0 Å². The van der Waals surface area contributed by atoms with Gasteiger partial charge < -0.3 is 13.7 Å². The molecule has 0 unspecified atom stereocenters. The molecule has 3 heteroatoms. The second kappa shape index (κ2) is 9.37. The minimum atomic E-state index is 0.872. The molecule has 0 aliphatic heterocycles. The van der Waals surface area contributed by atoms with Gasteiger partial charge in [-0.1, -0.05) is 97.1 Å². The highest BCUT2D eigenvalue weighted by Gasteiger charge is 2.20. The van der Waals surface area contributed by atoms with Gasteiger partial charge in [-0.2, -0.15) is 0 Å². The van der Waals surface area contributed by atoms with Crippen LogP contribution in [0.4, 0.5) is 17.1 Å². The maximum absolute atomic E-state index is 6.31. The van der Waals surface area contributed by atoms with Gasteiger partial charge in [0.15, 0.2) is 0 Å².